The maximum Gasteiger partial charge on any atom is 0.183 e. The van der Waals surface area contributed by atoms with Gasteiger partial charge in [0, 0.05) is 11.5 Å². The highest BCUT2D eigenvalue weighted by atomic mass is 32.2. The van der Waals surface area contributed by atoms with Crippen LogP contribution in [0.25, 0.3) is 0 Å². The highest BCUT2D eigenvalue weighted by Gasteiger charge is 2.29. The van der Waals surface area contributed by atoms with Gasteiger partial charge in [-0.2, -0.15) is 17.0 Å². The molecule has 0 heterocycles. The summed E-state index contributed by atoms with van der Waals surface area (Å²) in [5.74, 6) is 1.62. The Kier molecular flexibility index (Phi) is 8.12. The number of hydrogen-bond donors (Lipinski definition) is 1. The van der Waals surface area contributed by atoms with E-state index in [9.17, 15) is 5.26 Å². The number of nitrogens with zero attached hydrogens (tertiary/aromatic N) is 1. The van der Waals surface area contributed by atoms with Crippen LogP contribution in [0.5, 0.6) is 0 Å². The molecule has 0 radical (unpaired) electrons. The average Bonchev–Trinajstić information content (AvgIpc) is 2.66. The molecule has 5 heteroatoms. The first-order valence-corrected chi connectivity index (χ1v) is 13.9. The molecular weight excluding hydrogens is 368 g/mol. The van der Waals surface area contributed by atoms with Gasteiger partial charge in [-0.25, -0.2) is 0 Å². The zero-order valence-corrected chi connectivity index (χ0v) is 18.6. The largest absolute Gasteiger partial charge is 0.416 e. The van der Waals surface area contributed by atoms with Crippen molar-refractivity contribution in [2.24, 2.45) is 0 Å². The van der Waals surface area contributed by atoms with Crippen molar-refractivity contribution in [2.45, 2.75) is 43.9 Å². The molecule has 0 saturated carbocycles. The second kappa shape index (κ2) is 10.1. The van der Waals surface area contributed by atoms with Gasteiger partial charge < -0.3 is 4.43 Å². The quantitative estimate of drug-likeness (QED) is 0.545. The standard InChI is InChI=1S/C22H30N2OSSi/c1-22(17-23,18-26-16-19-11-7-5-8-12-19)24-21(15-25-27(2,3)4)20-13-9-6-10-14-20/h5-14,21,24H,15-16,18H2,1-4H3/t21-,22+/m0/s1. The van der Waals surface area contributed by atoms with Gasteiger partial charge in [0.05, 0.1) is 18.7 Å². The number of benzene rings is 2. The minimum Gasteiger partial charge on any atom is -0.416 e. The van der Waals surface area contributed by atoms with Crippen LogP contribution >= 0.6 is 11.8 Å². The molecule has 1 N–H and O–H groups in total. The average molecular weight is 399 g/mol. The molecule has 0 bridgehead atoms. The molecule has 0 aliphatic carbocycles. The van der Waals surface area contributed by atoms with Crippen LogP contribution in [0.4, 0.5) is 0 Å². The van der Waals surface area contributed by atoms with Crippen LogP contribution in [0.1, 0.15) is 24.1 Å². The van der Waals surface area contributed by atoms with E-state index in [4.69, 9.17) is 4.43 Å². The number of nitriles is 1. The van der Waals surface area contributed by atoms with Crippen molar-refractivity contribution in [3.05, 3.63) is 71.8 Å². The van der Waals surface area contributed by atoms with E-state index in [1.54, 1.807) is 11.8 Å². The molecule has 3 nitrogen and oxygen atoms in total. The summed E-state index contributed by atoms with van der Waals surface area (Å²) in [6.45, 7) is 9.13. The van der Waals surface area contributed by atoms with Crippen molar-refractivity contribution >= 4 is 20.1 Å². The molecule has 2 atom stereocenters. The number of nitrogens with one attached hydrogen (secondary N) is 1. The van der Waals surface area contributed by atoms with Crippen LogP contribution in [0.2, 0.25) is 19.6 Å². The lowest BCUT2D eigenvalue weighted by Gasteiger charge is -2.31. The maximum atomic E-state index is 9.85. The number of thioether (sulfide) groups is 1. The van der Waals surface area contributed by atoms with Crippen LogP contribution in [0, 0.1) is 11.3 Å². The molecule has 0 amide bonds. The number of rotatable bonds is 10. The Hall–Kier alpha value is -1.58. The predicted octanol–water partition coefficient (Wildman–Crippen LogP) is 5.38. The molecule has 0 aliphatic heterocycles. The summed E-state index contributed by atoms with van der Waals surface area (Å²) in [5, 5.41) is 13.4. The molecule has 2 aromatic carbocycles. The van der Waals surface area contributed by atoms with Gasteiger partial charge in [-0.05, 0) is 37.7 Å². The van der Waals surface area contributed by atoms with Crippen LogP contribution in [-0.4, -0.2) is 26.2 Å². The Balaban J connectivity index is 2.03. The zero-order valence-electron chi connectivity index (χ0n) is 16.7. The van der Waals surface area contributed by atoms with Crippen molar-refractivity contribution in [3.8, 4) is 6.07 Å². The first kappa shape index (κ1) is 21.7. The minimum atomic E-state index is -1.64. The van der Waals surface area contributed by atoms with Crippen LogP contribution in [0.3, 0.4) is 0 Å². The first-order chi connectivity index (χ1) is 12.8. The summed E-state index contributed by atoms with van der Waals surface area (Å²) in [6.07, 6.45) is 0. The summed E-state index contributed by atoms with van der Waals surface area (Å²) in [6, 6.07) is 23.1. The summed E-state index contributed by atoms with van der Waals surface area (Å²) < 4.78 is 6.17. The van der Waals surface area contributed by atoms with E-state index in [0.717, 1.165) is 11.3 Å². The Morgan fingerprint density at radius 2 is 1.67 bits per heavy atom. The third kappa shape index (κ3) is 7.90. The van der Waals surface area contributed by atoms with Gasteiger partial charge in [-0.1, -0.05) is 60.7 Å². The molecule has 0 spiro atoms. The third-order valence-corrected chi connectivity index (χ3v) is 6.48. The van der Waals surface area contributed by atoms with Crippen LogP contribution in [0.15, 0.2) is 60.7 Å². The summed E-state index contributed by atoms with van der Waals surface area (Å²) in [5.41, 5.74) is 1.82. The topological polar surface area (TPSA) is 45.0 Å². The summed E-state index contributed by atoms with van der Waals surface area (Å²) >= 11 is 1.78. The lowest BCUT2D eigenvalue weighted by atomic mass is 10.0. The summed E-state index contributed by atoms with van der Waals surface area (Å²) in [4.78, 5) is 0. The number of hydrogen-bond acceptors (Lipinski definition) is 4. The van der Waals surface area contributed by atoms with Crippen molar-refractivity contribution in [1.29, 1.82) is 5.26 Å². The Morgan fingerprint density at radius 3 is 2.22 bits per heavy atom. The molecule has 0 unspecified atom stereocenters. The van der Waals surface area contributed by atoms with Gasteiger partial charge in [0.2, 0.25) is 0 Å². The third-order valence-electron chi connectivity index (χ3n) is 4.13. The highest BCUT2D eigenvalue weighted by molar-refractivity contribution is 7.98. The van der Waals surface area contributed by atoms with Crippen molar-refractivity contribution in [2.75, 3.05) is 12.4 Å². The molecule has 27 heavy (non-hydrogen) atoms. The monoisotopic (exact) mass is 398 g/mol. The Morgan fingerprint density at radius 1 is 1.07 bits per heavy atom. The van der Waals surface area contributed by atoms with E-state index < -0.39 is 13.9 Å². The summed E-state index contributed by atoms with van der Waals surface area (Å²) in [7, 11) is -1.64. The van der Waals surface area contributed by atoms with Crippen molar-refractivity contribution in [1.82, 2.24) is 5.32 Å². The van der Waals surface area contributed by atoms with E-state index in [2.05, 4.69) is 67.4 Å². The van der Waals surface area contributed by atoms with Gasteiger partial charge in [-0.3, -0.25) is 5.32 Å². The van der Waals surface area contributed by atoms with Gasteiger partial charge in [0.1, 0.15) is 5.54 Å². The first-order valence-electron chi connectivity index (χ1n) is 9.31. The lowest BCUT2D eigenvalue weighted by Crippen LogP contribution is -2.47. The fourth-order valence-electron chi connectivity index (χ4n) is 2.68. The van der Waals surface area contributed by atoms with E-state index in [1.807, 2.05) is 31.2 Å². The van der Waals surface area contributed by atoms with E-state index in [0.29, 0.717) is 12.4 Å². The predicted molar refractivity (Wildman–Crippen MR) is 118 cm³/mol. The molecule has 0 aliphatic rings. The smallest absolute Gasteiger partial charge is 0.183 e. The normalized spacial score (nSPS) is 14.9. The Labute approximate surface area is 169 Å². The van der Waals surface area contributed by atoms with Crippen molar-refractivity contribution < 1.29 is 4.43 Å². The molecule has 0 aromatic heterocycles. The van der Waals surface area contributed by atoms with Crippen LogP contribution < -0.4 is 5.32 Å². The second-order valence-electron chi connectivity index (χ2n) is 7.95. The molecular formula is C22H30N2OSSi. The van der Waals surface area contributed by atoms with Gasteiger partial charge in [0.15, 0.2) is 8.32 Å². The SMILES string of the molecule is C[C@@](C#N)(CSCc1ccccc1)N[C@@H](CO[Si](C)(C)C)c1ccccc1. The molecule has 0 fully saturated rings. The highest BCUT2D eigenvalue weighted by Crippen LogP contribution is 2.23. The van der Waals surface area contributed by atoms with Gasteiger partial charge in [-0.15, -0.1) is 0 Å². The van der Waals surface area contributed by atoms with Crippen molar-refractivity contribution in [3.63, 3.8) is 0 Å². The molecule has 2 rings (SSSR count). The lowest BCUT2D eigenvalue weighted by molar-refractivity contribution is 0.241. The van der Waals surface area contributed by atoms with E-state index >= 15 is 0 Å². The molecule has 144 valence electrons. The van der Waals surface area contributed by atoms with Gasteiger partial charge in [0.25, 0.3) is 0 Å². The second-order valence-corrected chi connectivity index (χ2v) is 13.5. The fourth-order valence-corrected chi connectivity index (χ4v) is 4.43. The Bertz CT molecular complexity index is 727. The molecule has 2 aromatic rings. The fraction of sp³-hybridized carbons (Fsp3) is 0.409. The maximum absolute atomic E-state index is 9.85. The van der Waals surface area contributed by atoms with E-state index in [1.165, 1.54) is 5.56 Å². The molecule has 0 saturated heterocycles. The zero-order chi connectivity index (χ0) is 19.8. The van der Waals surface area contributed by atoms with Gasteiger partial charge >= 0.3 is 0 Å². The van der Waals surface area contributed by atoms with Crippen LogP contribution in [-0.2, 0) is 10.2 Å². The minimum absolute atomic E-state index is 0.0000923. The van der Waals surface area contributed by atoms with E-state index in [-0.39, 0.29) is 6.04 Å².